The number of fused-ring (bicyclic) bond motifs is 1. The maximum atomic E-state index is 13.1. The number of rotatable bonds is 4. The number of amides is 2. The third kappa shape index (κ3) is 4.09. The Bertz CT molecular complexity index is 995. The predicted molar refractivity (Wildman–Crippen MR) is 112 cm³/mol. The number of carbonyl (C=O) groups is 2. The highest BCUT2D eigenvalue weighted by atomic mass is 16.2. The molecule has 0 N–H and O–H groups in total. The van der Waals surface area contributed by atoms with Crippen molar-refractivity contribution in [3.63, 3.8) is 0 Å². The Morgan fingerprint density at radius 1 is 0.897 bits per heavy atom. The van der Waals surface area contributed by atoms with E-state index in [0.29, 0.717) is 30.9 Å². The second-order valence-electron chi connectivity index (χ2n) is 7.45. The maximum Gasteiger partial charge on any atom is 0.270 e. The Kier molecular flexibility index (Phi) is 5.47. The summed E-state index contributed by atoms with van der Waals surface area (Å²) in [5, 5.41) is 0. The molecule has 2 amide bonds. The highest BCUT2D eigenvalue weighted by Gasteiger charge is 2.24. The molecule has 0 saturated heterocycles. The lowest BCUT2D eigenvalue weighted by molar-refractivity contribution is 0.0744. The van der Waals surface area contributed by atoms with Gasteiger partial charge in [0.2, 0.25) is 0 Å². The van der Waals surface area contributed by atoms with E-state index in [1.54, 1.807) is 4.90 Å². The molecule has 1 aromatic heterocycles. The first kappa shape index (κ1) is 19.0. The lowest BCUT2D eigenvalue weighted by atomic mass is 10.2. The van der Waals surface area contributed by atoms with E-state index in [9.17, 15) is 9.59 Å². The molecule has 0 spiro atoms. The van der Waals surface area contributed by atoms with E-state index in [1.807, 2.05) is 84.7 Å². The van der Waals surface area contributed by atoms with Crippen molar-refractivity contribution < 1.29 is 9.59 Å². The van der Waals surface area contributed by atoms with Crippen molar-refractivity contribution in [3.8, 4) is 0 Å². The zero-order valence-electron chi connectivity index (χ0n) is 16.6. The van der Waals surface area contributed by atoms with Crippen molar-refractivity contribution in [1.82, 2.24) is 14.4 Å². The van der Waals surface area contributed by atoms with E-state index in [-0.39, 0.29) is 11.8 Å². The van der Waals surface area contributed by atoms with Crippen LogP contribution in [0.3, 0.4) is 0 Å². The van der Waals surface area contributed by atoms with Gasteiger partial charge in [0.05, 0.1) is 6.54 Å². The van der Waals surface area contributed by atoms with Crippen LogP contribution in [-0.2, 0) is 19.6 Å². The fourth-order valence-electron chi connectivity index (χ4n) is 3.85. The van der Waals surface area contributed by atoms with Crippen LogP contribution < -0.4 is 0 Å². The molecule has 0 fully saturated rings. The number of nitrogens with zero attached hydrogens (tertiary/aromatic N) is 3. The Labute approximate surface area is 171 Å². The van der Waals surface area contributed by atoms with Gasteiger partial charge in [-0.25, -0.2) is 0 Å². The van der Waals surface area contributed by atoms with E-state index in [2.05, 4.69) is 4.57 Å². The molecule has 3 aromatic rings. The first-order chi connectivity index (χ1) is 14.1. The van der Waals surface area contributed by atoms with Crippen molar-refractivity contribution >= 4 is 11.8 Å². The van der Waals surface area contributed by atoms with E-state index < -0.39 is 0 Å². The Hall–Kier alpha value is -3.34. The second-order valence-corrected chi connectivity index (χ2v) is 7.45. The number of aromatic nitrogens is 1. The third-order valence-corrected chi connectivity index (χ3v) is 5.37. The number of carbonyl (C=O) groups excluding carboxylic acids is 2. The summed E-state index contributed by atoms with van der Waals surface area (Å²) in [5.41, 5.74) is 3.49. The van der Waals surface area contributed by atoms with Gasteiger partial charge in [-0.15, -0.1) is 0 Å². The van der Waals surface area contributed by atoms with Crippen LogP contribution in [0.2, 0.25) is 0 Å². The Morgan fingerprint density at radius 2 is 1.59 bits per heavy atom. The minimum atomic E-state index is 0.00272. The molecule has 1 aliphatic heterocycles. The van der Waals surface area contributed by atoms with E-state index in [0.717, 1.165) is 24.2 Å². The minimum Gasteiger partial charge on any atom is -0.339 e. The molecule has 4 rings (SSSR count). The van der Waals surface area contributed by atoms with Crippen LogP contribution in [0.5, 0.6) is 0 Å². The van der Waals surface area contributed by atoms with E-state index in [4.69, 9.17) is 0 Å². The molecule has 0 saturated carbocycles. The largest absolute Gasteiger partial charge is 0.339 e. The van der Waals surface area contributed by atoms with Crippen molar-refractivity contribution in [2.75, 3.05) is 13.6 Å². The van der Waals surface area contributed by atoms with Crippen molar-refractivity contribution in [2.24, 2.45) is 0 Å². The molecule has 5 nitrogen and oxygen atoms in total. The van der Waals surface area contributed by atoms with Gasteiger partial charge in [-0.2, -0.15) is 0 Å². The number of benzene rings is 2. The summed E-state index contributed by atoms with van der Waals surface area (Å²) in [6.07, 6.45) is 0.822. The standard InChI is InChI=1S/C24H25N3O2/c1-25(17-19-9-4-2-5-10-19)24(29)22-14-13-21-18-26(15-8-16-27(21)22)23(28)20-11-6-3-7-12-20/h2-7,9-14H,8,15-18H2,1H3. The minimum absolute atomic E-state index is 0.00272. The molecular formula is C24H25N3O2. The summed E-state index contributed by atoms with van der Waals surface area (Å²) < 4.78 is 2.07. The van der Waals surface area contributed by atoms with Gasteiger partial charge in [0.15, 0.2) is 0 Å². The third-order valence-electron chi connectivity index (χ3n) is 5.37. The molecule has 5 heteroatoms. The highest BCUT2D eigenvalue weighted by Crippen LogP contribution is 2.20. The van der Waals surface area contributed by atoms with Crippen LogP contribution in [0, 0.1) is 0 Å². The maximum absolute atomic E-state index is 13.1. The number of hydrogen-bond donors (Lipinski definition) is 0. The van der Waals surface area contributed by atoms with Crippen LogP contribution in [0.15, 0.2) is 72.8 Å². The molecule has 0 radical (unpaired) electrons. The zero-order chi connectivity index (χ0) is 20.2. The van der Waals surface area contributed by atoms with Gasteiger partial charge in [-0.05, 0) is 36.2 Å². The molecule has 0 bridgehead atoms. The molecule has 0 aliphatic carbocycles. The van der Waals surface area contributed by atoms with Gasteiger partial charge < -0.3 is 14.4 Å². The highest BCUT2D eigenvalue weighted by molar-refractivity contribution is 5.94. The molecule has 29 heavy (non-hydrogen) atoms. The summed E-state index contributed by atoms with van der Waals surface area (Å²) in [7, 11) is 1.83. The summed E-state index contributed by atoms with van der Waals surface area (Å²) >= 11 is 0. The van der Waals surface area contributed by atoms with Crippen LogP contribution in [0.1, 0.15) is 38.5 Å². The average Bonchev–Trinajstić information content (AvgIpc) is 3.03. The summed E-state index contributed by atoms with van der Waals surface area (Å²) in [5.74, 6) is 0.0391. The average molecular weight is 387 g/mol. The monoisotopic (exact) mass is 387 g/mol. The summed E-state index contributed by atoms with van der Waals surface area (Å²) in [6.45, 7) is 2.51. The quantitative estimate of drug-likeness (QED) is 0.683. The van der Waals surface area contributed by atoms with Crippen LogP contribution >= 0.6 is 0 Å². The van der Waals surface area contributed by atoms with Gasteiger partial charge in [0.1, 0.15) is 5.69 Å². The smallest absolute Gasteiger partial charge is 0.270 e. The van der Waals surface area contributed by atoms with Crippen LogP contribution in [0.4, 0.5) is 0 Å². The summed E-state index contributed by atoms with van der Waals surface area (Å²) in [4.78, 5) is 29.5. The molecule has 2 heterocycles. The molecule has 0 unspecified atom stereocenters. The van der Waals surface area contributed by atoms with Gasteiger partial charge in [0, 0.05) is 37.9 Å². The summed E-state index contributed by atoms with van der Waals surface area (Å²) in [6, 6.07) is 23.2. The number of hydrogen-bond acceptors (Lipinski definition) is 2. The van der Waals surface area contributed by atoms with Gasteiger partial charge in [-0.1, -0.05) is 48.5 Å². The Balaban J connectivity index is 1.51. The molecular weight excluding hydrogens is 362 g/mol. The SMILES string of the molecule is CN(Cc1ccccc1)C(=O)c1ccc2n1CCCN(C(=O)c1ccccc1)C2. The fraction of sp³-hybridized carbons (Fsp3) is 0.250. The van der Waals surface area contributed by atoms with Gasteiger partial charge in [-0.3, -0.25) is 9.59 Å². The second kappa shape index (κ2) is 8.35. The first-order valence-corrected chi connectivity index (χ1v) is 9.95. The van der Waals surface area contributed by atoms with Crippen LogP contribution in [0.25, 0.3) is 0 Å². The lowest BCUT2D eigenvalue weighted by Gasteiger charge is -2.20. The molecule has 0 atom stereocenters. The molecule has 148 valence electrons. The van der Waals surface area contributed by atoms with E-state index in [1.165, 1.54) is 0 Å². The first-order valence-electron chi connectivity index (χ1n) is 9.95. The van der Waals surface area contributed by atoms with Crippen LogP contribution in [-0.4, -0.2) is 39.8 Å². The van der Waals surface area contributed by atoms with E-state index >= 15 is 0 Å². The fourth-order valence-corrected chi connectivity index (χ4v) is 3.85. The topological polar surface area (TPSA) is 45.6 Å². The molecule has 1 aliphatic rings. The van der Waals surface area contributed by atoms with Gasteiger partial charge in [0.25, 0.3) is 11.8 Å². The van der Waals surface area contributed by atoms with Crippen molar-refractivity contribution in [3.05, 3.63) is 95.3 Å². The predicted octanol–water partition coefficient (Wildman–Crippen LogP) is 3.81. The zero-order valence-corrected chi connectivity index (χ0v) is 16.6. The lowest BCUT2D eigenvalue weighted by Crippen LogP contribution is -2.30. The van der Waals surface area contributed by atoms with Gasteiger partial charge >= 0.3 is 0 Å². The van der Waals surface area contributed by atoms with Crippen molar-refractivity contribution in [2.45, 2.75) is 26.1 Å². The molecule has 2 aromatic carbocycles. The van der Waals surface area contributed by atoms with Crippen molar-refractivity contribution in [1.29, 1.82) is 0 Å². The Morgan fingerprint density at radius 3 is 2.31 bits per heavy atom. The normalized spacial score (nSPS) is 13.5.